The molecule has 1 unspecified atom stereocenters. The summed E-state index contributed by atoms with van der Waals surface area (Å²) >= 11 is 0. The number of aromatic nitrogens is 4. The number of hydrogen-bond donors (Lipinski definition) is 0. The van der Waals surface area contributed by atoms with E-state index in [-0.39, 0.29) is 17.6 Å². The lowest BCUT2D eigenvalue weighted by molar-refractivity contribution is -0.174. The van der Waals surface area contributed by atoms with Crippen LogP contribution < -0.4 is 4.74 Å². The Bertz CT molecular complexity index is 833. The first-order chi connectivity index (χ1) is 13.6. The van der Waals surface area contributed by atoms with Gasteiger partial charge in [-0.2, -0.15) is 5.10 Å². The molecular weight excluding hydrogens is 362 g/mol. The third-order valence-electron chi connectivity index (χ3n) is 5.10. The minimum Gasteiger partial charge on any atom is -0.473 e. The summed E-state index contributed by atoms with van der Waals surface area (Å²) in [5, 5.41) is 4.33. The zero-order valence-electron chi connectivity index (χ0n) is 16.2. The number of likely N-dealkylation sites (tertiary alicyclic amines) is 1. The Balaban J connectivity index is 1.32. The summed E-state index contributed by atoms with van der Waals surface area (Å²) in [6, 6.07) is 1.74. The van der Waals surface area contributed by atoms with Crippen molar-refractivity contribution >= 4 is 5.91 Å². The van der Waals surface area contributed by atoms with Gasteiger partial charge in [0.1, 0.15) is 17.4 Å². The molecule has 2 fully saturated rings. The van der Waals surface area contributed by atoms with Gasteiger partial charge in [0.2, 0.25) is 5.88 Å². The van der Waals surface area contributed by atoms with Crippen molar-refractivity contribution in [1.82, 2.24) is 24.6 Å². The molecule has 2 aromatic rings. The zero-order chi connectivity index (χ0) is 19.6. The number of rotatable bonds is 6. The van der Waals surface area contributed by atoms with Gasteiger partial charge in [-0.25, -0.2) is 4.98 Å². The maximum Gasteiger partial charge on any atom is 0.274 e. The monoisotopic (exact) mass is 387 g/mol. The first kappa shape index (κ1) is 18.8. The summed E-state index contributed by atoms with van der Waals surface area (Å²) in [4.78, 5) is 22.9. The van der Waals surface area contributed by atoms with E-state index in [9.17, 15) is 4.79 Å². The second-order valence-electron chi connectivity index (χ2n) is 7.38. The number of ether oxygens (including phenoxy) is 3. The Morgan fingerprint density at radius 1 is 1.39 bits per heavy atom. The second kappa shape index (κ2) is 7.84. The highest BCUT2D eigenvalue weighted by molar-refractivity contribution is 5.93. The molecule has 2 aromatic heterocycles. The summed E-state index contributed by atoms with van der Waals surface area (Å²) in [6.45, 7) is 4.78. The van der Waals surface area contributed by atoms with Crippen LogP contribution in [0.5, 0.6) is 5.88 Å². The normalized spacial score (nSPS) is 20.8. The molecule has 9 nitrogen and oxygen atoms in total. The number of nitrogens with zero attached hydrogens (tertiary/aromatic N) is 5. The lowest BCUT2D eigenvalue weighted by Crippen LogP contribution is -2.67. The van der Waals surface area contributed by atoms with Crippen molar-refractivity contribution in [3.63, 3.8) is 0 Å². The fourth-order valence-electron chi connectivity index (χ4n) is 3.71. The first-order valence-electron chi connectivity index (χ1n) is 9.48. The van der Waals surface area contributed by atoms with Gasteiger partial charge in [-0.3, -0.25) is 14.5 Å². The minimum atomic E-state index is -0.339. The average Bonchev–Trinajstić information content (AvgIpc) is 3.13. The highest BCUT2D eigenvalue weighted by Crippen LogP contribution is 2.36. The molecule has 1 spiro atoms. The Hall–Kier alpha value is -2.52. The molecule has 1 atom stereocenters. The zero-order valence-corrected chi connectivity index (χ0v) is 16.2. The number of carbonyl (C=O) groups is 1. The third kappa shape index (κ3) is 4.00. The summed E-state index contributed by atoms with van der Waals surface area (Å²) in [5.41, 5.74) is 0.934. The standard InChI is InChI=1S/C19H25N5O4/c1-14-10-20-11-17(21-14)28-15-4-7-27-19(9-15)12-23(13-19)18(25)16-3-5-24(22-16)6-8-26-2/h3,5,10-11,15H,4,6-9,12-13H2,1-2H3. The molecule has 1 amide bonds. The molecule has 4 rings (SSSR count). The van der Waals surface area contributed by atoms with Crippen LogP contribution in [0.4, 0.5) is 0 Å². The Kier molecular flexibility index (Phi) is 5.27. The van der Waals surface area contributed by atoms with Crippen molar-refractivity contribution in [2.75, 3.05) is 33.4 Å². The van der Waals surface area contributed by atoms with Crippen LogP contribution >= 0.6 is 0 Å². The van der Waals surface area contributed by atoms with Gasteiger partial charge in [0.25, 0.3) is 5.91 Å². The van der Waals surface area contributed by atoms with E-state index in [0.717, 1.165) is 18.5 Å². The lowest BCUT2D eigenvalue weighted by atomic mass is 9.84. The van der Waals surface area contributed by atoms with E-state index in [1.807, 2.05) is 6.92 Å². The third-order valence-corrected chi connectivity index (χ3v) is 5.10. The van der Waals surface area contributed by atoms with Crippen molar-refractivity contribution in [1.29, 1.82) is 0 Å². The van der Waals surface area contributed by atoms with Gasteiger partial charge in [0.05, 0.1) is 44.7 Å². The molecule has 0 radical (unpaired) electrons. The SMILES string of the molecule is COCCn1ccc(C(=O)N2CC3(CC(Oc4cncc(C)n4)CCO3)C2)n1. The van der Waals surface area contributed by atoms with Gasteiger partial charge < -0.3 is 19.1 Å². The van der Waals surface area contributed by atoms with Crippen LogP contribution in [0.1, 0.15) is 29.0 Å². The Morgan fingerprint density at radius 2 is 2.25 bits per heavy atom. The minimum absolute atomic E-state index is 0.00959. The molecule has 2 aliphatic heterocycles. The van der Waals surface area contributed by atoms with E-state index < -0.39 is 0 Å². The number of amides is 1. The van der Waals surface area contributed by atoms with E-state index >= 15 is 0 Å². The van der Waals surface area contributed by atoms with Gasteiger partial charge in [0.15, 0.2) is 0 Å². The van der Waals surface area contributed by atoms with Crippen molar-refractivity contribution in [2.45, 2.75) is 38.0 Å². The molecule has 0 aliphatic carbocycles. The lowest BCUT2D eigenvalue weighted by Gasteiger charge is -2.52. The second-order valence-corrected chi connectivity index (χ2v) is 7.38. The molecule has 9 heteroatoms. The predicted molar refractivity (Wildman–Crippen MR) is 99.1 cm³/mol. The largest absolute Gasteiger partial charge is 0.473 e. The molecule has 28 heavy (non-hydrogen) atoms. The van der Waals surface area contributed by atoms with Crippen LogP contribution in [0.3, 0.4) is 0 Å². The van der Waals surface area contributed by atoms with Crippen molar-refractivity contribution in [3.8, 4) is 5.88 Å². The van der Waals surface area contributed by atoms with E-state index in [1.165, 1.54) is 0 Å². The van der Waals surface area contributed by atoms with Crippen LogP contribution in [0, 0.1) is 6.92 Å². The topological polar surface area (TPSA) is 91.6 Å². The summed E-state index contributed by atoms with van der Waals surface area (Å²) < 4.78 is 18.8. The molecule has 4 heterocycles. The smallest absolute Gasteiger partial charge is 0.274 e. The Labute approximate surface area is 163 Å². The molecule has 0 bridgehead atoms. The highest BCUT2D eigenvalue weighted by atomic mass is 16.5. The molecule has 150 valence electrons. The average molecular weight is 387 g/mol. The van der Waals surface area contributed by atoms with Gasteiger partial charge in [-0.1, -0.05) is 0 Å². The fourth-order valence-corrected chi connectivity index (χ4v) is 3.71. The summed E-state index contributed by atoms with van der Waals surface area (Å²) in [5.74, 6) is 0.467. The molecule has 0 aromatic carbocycles. The summed E-state index contributed by atoms with van der Waals surface area (Å²) in [7, 11) is 1.64. The van der Waals surface area contributed by atoms with Crippen LogP contribution in [-0.4, -0.2) is 75.7 Å². The van der Waals surface area contributed by atoms with Crippen LogP contribution in [0.15, 0.2) is 24.7 Å². The van der Waals surface area contributed by atoms with Crippen molar-refractivity contribution < 1.29 is 19.0 Å². The van der Waals surface area contributed by atoms with Crippen molar-refractivity contribution in [3.05, 3.63) is 36.0 Å². The van der Waals surface area contributed by atoms with E-state index in [4.69, 9.17) is 14.2 Å². The van der Waals surface area contributed by atoms with Gasteiger partial charge in [0, 0.05) is 32.3 Å². The highest BCUT2D eigenvalue weighted by Gasteiger charge is 2.50. The van der Waals surface area contributed by atoms with Crippen molar-refractivity contribution in [2.24, 2.45) is 0 Å². The van der Waals surface area contributed by atoms with Crippen LogP contribution in [-0.2, 0) is 16.0 Å². The molecule has 2 aliphatic rings. The molecule has 0 saturated carbocycles. The maximum absolute atomic E-state index is 12.7. The molecular formula is C19H25N5O4. The quantitative estimate of drug-likeness (QED) is 0.732. The fraction of sp³-hybridized carbons (Fsp3) is 0.579. The van der Waals surface area contributed by atoms with E-state index in [2.05, 4.69) is 15.1 Å². The summed E-state index contributed by atoms with van der Waals surface area (Å²) in [6.07, 6.45) is 6.67. The molecule has 0 N–H and O–H groups in total. The van der Waals surface area contributed by atoms with Gasteiger partial charge >= 0.3 is 0 Å². The van der Waals surface area contributed by atoms with E-state index in [0.29, 0.717) is 44.4 Å². The first-order valence-corrected chi connectivity index (χ1v) is 9.48. The van der Waals surface area contributed by atoms with Gasteiger partial charge in [-0.05, 0) is 13.0 Å². The Morgan fingerprint density at radius 3 is 3.04 bits per heavy atom. The number of aryl methyl sites for hydroxylation is 1. The van der Waals surface area contributed by atoms with E-state index in [1.54, 1.807) is 41.3 Å². The molecule has 2 saturated heterocycles. The number of carbonyl (C=O) groups excluding carboxylic acids is 1. The van der Waals surface area contributed by atoms with Crippen LogP contribution in [0.2, 0.25) is 0 Å². The maximum atomic E-state index is 12.7. The van der Waals surface area contributed by atoms with Crippen LogP contribution in [0.25, 0.3) is 0 Å². The number of methoxy groups -OCH3 is 1. The number of hydrogen-bond acceptors (Lipinski definition) is 7. The predicted octanol–water partition coefficient (Wildman–Crippen LogP) is 1.08. The van der Waals surface area contributed by atoms with Gasteiger partial charge in [-0.15, -0.1) is 0 Å².